The van der Waals surface area contributed by atoms with Gasteiger partial charge >= 0.3 is 0 Å². The SMILES string of the molecule is CC1CC1C(C)Nc1cccnc1Br. The molecule has 0 radical (unpaired) electrons. The van der Waals surface area contributed by atoms with Crippen LogP contribution in [0.2, 0.25) is 0 Å². The van der Waals surface area contributed by atoms with Crippen LogP contribution in [0, 0.1) is 11.8 Å². The second-order valence-electron chi connectivity index (χ2n) is 4.15. The molecule has 0 aromatic carbocycles. The van der Waals surface area contributed by atoms with E-state index in [1.807, 2.05) is 6.07 Å². The van der Waals surface area contributed by atoms with E-state index in [0.29, 0.717) is 6.04 Å². The van der Waals surface area contributed by atoms with Crippen molar-refractivity contribution in [3.05, 3.63) is 22.9 Å². The Morgan fingerprint density at radius 3 is 2.93 bits per heavy atom. The lowest BCUT2D eigenvalue weighted by molar-refractivity contribution is 0.644. The topological polar surface area (TPSA) is 24.9 Å². The normalized spacial score (nSPS) is 27.1. The highest BCUT2D eigenvalue weighted by Crippen LogP contribution is 2.41. The molecule has 2 nitrogen and oxygen atoms in total. The van der Waals surface area contributed by atoms with Crippen LogP contribution in [0.1, 0.15) is 20.3 Å². The van der Waals surface area contributed by atoms with Crippen LogP contribution in [0.5, 0.6) is 0 Å². The summed E-state index contributed by atoms with van der Waals surface area (Å²) >= 11 is 3.44. The van der Waals surface area contributed by atoms with Crippen molar-refractivity contribution in [2.24, 2.45) is 11.8 Å². The zero-order valence-corrected chi connectivity index (χ0v) is 10.1. The molecule has 14 heavy (non-hydrogen) atoms. The Morgan fingerprint density at radius 2 is 2.36 bits per heavy atom. The zero-order chi connectivity index (χ0) is 10.1. The van der Waals surface area contributed by atoms with Crippen molar-refractivity contribution in [2.75, 3.05) is 5.32 Å². The molecule has 0 aliphatic heterocycles. The van der Waals surface area contributed by atoms with Crippen LogP contribution in [0.15, 0.2) is 22.9 Å². The summed E-state index contributed by atoms with van der Waals surface area (Å²) in [4.78, 5) is 4.19. The van der Waals surface area contributed by atoms with Crippen molar-refractivity contribution in [3.63, 3.8) is 0 Å². The van der Waals surface area contributed by atoms with Gasteiger partial charge in [0.05, 0.1) is 5.69 Å². The van der Waals surface area contributed by atoms with Gasteiger partial charge in [-0.15, -0.1) is 0 Å². The molecule has 1 aromatic rings. The van der Waals surface area contributed by atoms with Crippen molar-refractivity contribution in [1.82, 2.24) is 4.98 Å². The quantitative estimate of drug-likeness (QED) is 0.838. The van der Waals surface area contributed by atoms with Gasteiger partial charge in [-0.3, -0.25) is 0 Å². The summed E-state index contributed by atoms with van der Waals surface area (Å²) in [5.41, 5.74) is 1.10. The lowest BCUT2D eigenvalue weighted by Gasteiger charge is -2.15. The molecule has 1 N–H and O–H groups in total. The fourth-order valence-electron chi connectivity index (χ4n) is 1.89. The van der Waals surface area contributed by atoms with E-state index in [1.54, 1.807) is 6.20 Å². The number of nitrogens with one attached hydrogen (secondary N) is 1. The van der Waals surface area contributed by atoms with E-state index < -0.39 is 0 Å². The number of hydrogen-bond donors (Lipinski definition) is 1. The zero-order valence-electron chi connectivity index (χ0n) is 8.50. The maximum atomic E-state index is 4.19. The molecule has 3 unspecified atom stereocenters. The first-order valence-corrected chi connectivity index (χ1v) is 5.85. The molecule has 3 atom stereocenters. The van der Waals surface area contributed by atoms with Gasteiger partial charge in [-0.1, -0.05) is 6.92 Å². The van der Waals surface area contributed by atoms with Crippen LogP contribution in [0.4, 0.5) is 5.69 Å². The summed E-state index contributed by atoms with van der Waals surface area (Å²) < 4.78 is 0.903. The summed E-state index contributed by atoms with van der Waals surface area (Å²) in [5.74, 6) is 1.72. The summed E-state index contributed by atoms with van der Waals surface area (Å²) in [7, 11) is 0. The Bertz CT molecular complexity index is 327. The van der Waals surface area contributed by atoms with Crippen LogP contribution in [-0.4, -0.2) is 11.0 Å². The molecule has 0 amide bonds. The van der Waals surface area contributed by atoms with Crippen molar-refractivity contribution in [1.29, 1.82) is 0 Å². The molecule has 1 heterocycles. The standard InChI is InChI=1S/C11H15BrN2/c1-7-6-9(7)8(2)14-10-4-3-5-13-11(10)12/h3-5,7-9,14H,6H2,1-2H3. The van der Waals surface area contributed by atoms with E-state index in [1.165, 1.54) is 6.42 Å². The fourth-order valence-corrected chi connectivity index (χ4v) is 2.26. The molecule has 1 aromatic heterocycles. The van der Waals surface area contributed by atoms with Crippen LogP contribution in [0.25, 0.3) is 0 Å². The molecular weight excluding hydrogens is 240 g/mol. The van der Waals surface area contributed by atoms with Gasteiger partial charge in [-0.2, -0.15) is 0 Å². The number of rotatable bonds is 3. The third-order valence-electron chi connectivity index (χ3n) is 2.96. The Labute approximate surface area is 93.3 Å². The minimum atomic E-state index is 0.547. The van der Waals surface area contributed by atoms with Crippen LogP contribution < -0.4 is 5.32 Å². The lowest BCUT2D eigenvalue weighted by Crippen LogP contribution is -2.18. The number of nitrogens with zero attached hydrogens (tertiary/aromatic N) is 1. The number of hydrogen-bond acceptors (Lipinski definition) is 2. The summed E-state index contributed by atoms with van der Waals surface area (Å²) in [6.45, 7) is 4.55. The van der Waals surface area contributed by atoms with Gasteiger partial charge in [0.2, 0.25) is 0 Å². The Kier molecular flexibility index (Phi) is 2.77. The third-order valence-corrected chi connectivity index (χ3v) is 3.59. The van der Waals surface area contributed by atoms with Gasteiger partial charge in [-0.25, -0.2) is 4.98 Å². The minimum absolute atomic E-state index is 0.547. The lowest BCUT2D eigenvalue weighted by atomic mass is 10.2. The number of aromatic nitrogens is 1. The number of pyridine rings is 1. The van der Waals surface area contributed by atoms with Gasteiger partial charge in [0.1, 0.15) is 4.60 Å². The second-order valence-corrected chi connectivity index (χ2v) is 4.90. The van der Waals surface area contributed by atoms with Gasteiger partial charge in [0.25, 0.3) is 0 Å². The molecule has 0 spiro atoms. The third kappa shape index (κ3) is 2.08. The molecule has 0 saturated heterocycles. The van der Waals surface area contributed by atoms with E-state index in [9.17, 15) is 0 Å². The predicted octanol–water partition coefficient (Wildman–Crippen LogP) is 3.30. The minimum Gasteiger partial charge on any atom is -0.380 e. The number of anilines is 1. The highest BCUT2D eigenvalue weighted by molar-refractivity contribution is 9.10. The molecule has 1 aliphatic carbocycles. The average Bonchev–Trinajstić information content (AvgIpc) is 2.87. The number of halogens is 1. The Balaban J connectivity index is 2.00. The molecule has 1 fully saturated rings. The van der Waals surface area contributed by atoms with Gasteiger partial charge in [-0.05, 0) is 53.2 Å². The van der Waals surface area contributed by atoms with Crippen LogP contribution in [-0.2, 0) is 0 Å². The largest absolute Gasteiger partial charge is 0.380 e. The van der Waals surface area contributed by atoms with Crippen molar-refractivity contribution in [3.8, 4) is 0 Å². The van der Waals surface area contributed by atoms with Crippen LogP contribution in [0.3, 0.4) is 0 Å². The molecule has 76 valence electrons. The van der Waals surface area contributed by atoms with E-state index in [4.69, 9.17) is 0 Å². The van der Waals surface area contributed by atoms with E-state index >= 15 is 0 Å². The van der Waals surface area contributed by atoms with E-state index in [0.717, 1.165) is 22.1 Å². The summed E-state index contributed by atoms with van der Waals surface area (Å²) in [6.07, 6.45) is 3.14. The Hall–Kier alpha value is -0.570. The van der Waals surface area contributed by atoms with Gasteiger partial charge in [0.15, 0.2) is 0 Å². The van der Waals surface area contributed by atoms with Crippen molar-refractivity contribution < 1.29 is 0 Å². The smallest absolute Gasteiger partial charge is 0.129 e. The summed E-state index contributed by atoms with van der Waals surface area (Å²) in [5, 5.41) is 3.49. The predicted molar refractivity (Wildman–Crippen MR) is 62.3 cm³/mol. The average molecular weight is 255 g/mol. The van der Waals surface area contributed by atoms with E-state index in [-0.39, 0.29) is 0 Å². The van der Waals surface area contributed by atoms with Crippen LogP contribution >= 0.6 is 15.9 Å². The monoisotopic (exact) mass is 254 g/mol. The van der Waals surface area contributed by atoms with E-state index in [2.05, 4.69) is 46.1 Å². The first-order chi connectivity index (χ1) is 6.68. The molecule has 1 aliphatic rings. The molecule has 1 saturated carbocycles. The van der Waals surface area contributed by atoms with Crippen molar-refractivity contribution in [2.45, 2.75) is 26.3 Å². The fraction of sp³-hybridized carbons (Fsp3) is 0.545. The second kappa shape index (κ2) is 3.89. The maximum Gasteiger partial charge on any atom is 0.129 e. The highest BCUT2D eigenvalue weighted by atomic mass is 79.9. The first kappa shape index (κ1) is 9.97. The summed E-state index contributed by atoms with van der Waals surface area (Å²) in [6, 6.07) is 4.56. The van der Waals surface area contributed by atoms with Gasteiger partial charge in [0, 0.05) is 12.2 Å². The Morgan fingerprint density at radius 1 is 1.64 bits per heavy atom. The maximum absolute atomic E-state index is 4.19. The molecule has 2 rings (SSSR count). The molecule has 0 bridgehead atoms. The first-order valence-electron chi connectivity index (χ1n) is 5.05. The van der Waals surface area contributed by atoms with Gasteiger partial charge < -0.3 is 5.32 Å². The van der Waals surface area contributed by atoms with Crippen molar-refractivity contribution >= 4 is 21.6 Å². The highest BCUT2D eigenvalue weighted by Gasteiger charge is 2.37. The molecule has 3 heteroatoms. The molecular formula is C11H15BrN2.